The van der Waals surface area contributed by atoms with Gasteiger partial charge in [0.2, 0.25) is 0 Å². The van der Waals surface area contributed by atoms with Gasteiger partial charge in [-0.05, 0) is 26.0 Å². The fourth-order valence-electron chi connectivity index (χ4n) is 0.986. The summed E-state index contributed by atoms with van der Waals surface area (Å²) in [5.41, 5.74) is -0.0314. The molecular formula is C10H14F3N. The van der Waals surface area contributed by atoms with E-state index in [0.29, 0.717) is 5.69 Å². The predicted octanol–water partition coefficient (Wildman–Crippen LogP) is 3.74. The van der Waals surface area contributed by atoms with Crippen molar-refractivity contribution in [3.8, 4) is 0 Å². The standard InChI is InChI=1S/C8H8F3N.C2H6/c1-5-3-4-7(6(2)12-5)8(9,10)11;1-2/h3-4H,1-2H3;1-2H3. The lowest BCUT2D eigenvalue weighted by Gasteiger charge is -2.08. The quantitative estimate of drug-likeness (QED) is 0.628. The molecule has 80 valence electrons. The van der Waals surface area contributed by atoms with Crippen molar-refractivity contribution in [2.45, 2.75) is 33.9 Å². The molecule has 0 bridgehead atoms. The molecule has 0 aliphatic rings. The first-order valence-electron chi connectivity index (χ1n) is 4.42. The van der Waals surface area contributed by atoms with Crippen molar-refractivity contribution in [2.24, 2.45) is 0 Å². The van der Waals surface area contributed by atoms with E-state index in [0.717, 1.165) is 6.07 Å². The monoisotopic (exact) mass is 205 g/mol. The second kappa shape index (κ2) is 4.98. The molecule has 0 radical (unpaired) electrons. The Morgan fingerprint density at radius 1 is 1.07 bits per heavy atom. The van der Waals surface area contributed by atoms with Crippen LogP contribution >= 0.6 is 0 Å². The van der Waals surface area contributed by atoms with Crippen molar-refractivity contribution in [1.82, 2.24) is 4.98 Å². The summed E-state index contributed by atoms with van der Waals surface area (Å²) in [5, 5.41) is 0. The van der Waals surface area contributed by atoms with Crippen LogP contribution < -0.4 is 0 Å². The van der Waals surface area contributed by atoms with Crippen LogP contribution in [0.1, 0.15) is 30.8 Å². The average Bonchev–Trinajstić information content (AvgIpc) is 2.05. The molecule has 0 spiro atoms. The molecule has 1 heterocycles. The van der Waals surface area contributed by atoms with Gasteiger partial charge in [-0.2, -0.15) is 13.2 Å². The van der Waals surface area contributed by atoms with Crippen LogP contribution in [0.15, 0.2) is 12.1 Å². The Labute approximate surface area is 82.0 Å². The molecular weight excluding hydrogens is 191 g/mol. The third-order valence-corrected chi connectivity index (χ3v) is 1.53. The zero-order chi connectivity index (χ0) is 11.4. The van der Waals surface area contributed by atoms with E-state index in [1.165, 1.54) is 13.0 Å². The van der Waals surface area contributed by atoms with E-state index in [9.17, 15) is 13.2 Å². The summed E-state index contributed by atoms with van der Waals surface area (Å²) >= 11 is 0. The first-order chi connectivity index (χ1) is 6.41. The lowest BCUT2D eigenvalue weighted by atomic mass is 10.2. The largest absolute Gasteiger partial charge is 0.418 e. The van der Waals surface area contributed by atoms with Crippen LogP contribution in [0, 0.1) is 13.8 Å². The minimum absolute atomic E-state index is 0.0301. The molecule has 1 aromatic heterocycles. The van der Waals surface area contributed by atoms with E-state index in [-0.39, 0.29) is 5.69 Å². The normalized spacial score (nSPS) is 10.5. The van der Waals surface area contributed by atoms with E-state index >= 15 is 0 Å². The zero-order valence-electron chi connectivity index (χ0n) is 8.74. The summed E-state index contributed by atoms with van der Waals surface area (Å²) in [7, 11) is 0. The van der Waals surface area contributed by atoms with Crippen LogP contribution in [-0.2, 0) is 6.18 Å². The minimum atomic E-state index is -4.29. The Morgan fingerprint density at radius 2 is 1.57 bits per heavy atom. The number of hydrogen-bond donors (Lipinski definition) is 0. The molecule has 0 N–H and O–H groups in total. The van der Waals surface area contributed by atoms with E-state index in [4.69, 9.17) is 0 Å². The molecule has 1 rings (SSSR count). The molecule has 0 aliphatic carbocycles. The van der Waals surface area contributed by atoms with E-state index < -0.39 is 11.7 Å². The third-order valence-electron chi connectivity index (χ3n) is 1.53. The summed E-state index contributed by atoms with van der Waals surface area (Å²) in [6.07, 6.45) is -4.29. The van der Waals surface area contributed by atoms with Crippen LogP contribution in [0.25, 0.3) is 0 Å². The van der Waals surface area contributed by atoms with Crippen LogP contribution in [-0.4, -0.2) is 4.98 Å². The molecule has 0 unspecified atom stereocenters. The Morgan fingerprint density at radius 3 is 1.93 bits per heavy atom. The van der Waals surface area contributed by atoms with Gasteiger partial charge in [0.05, 0.1) is 5.56 Å². The molecule has 1 aromatic rings. The van der Waals surface area contributed by atoms with Crippen molar-refractivity contribution >= 4 is 0 Å². The third kappa shape index (κ3) is 3.36. The van der Waals surface area contributed by atoms with Crippen LogP contribution in [0.4, 0.5) is 13.2 Å². The molecule has 0 amide bonds. The van der Waals surface area contributed by atoms with Crippen molar-refractivity contribution in [3.05, 3.63) is 29.1 Å². The number of halogens is 3. The highest BCUT2D eigenvalue weighted by Crippen LogP contribution is 2.30. The maximum absolute atomic E-state index is 12.1. The molecule has 0 aliphatic heterocycles. The number of nitrogens with zero attached hydrogens (tertiary/aromatic N) is 1. The number of alkyl halides is 3. The van der Waals surface area contributed by atoms with Crippen molar-refractivity contribution < 1.29 is 13.2 Å². The second-order valence-corrected chi connectivity index (χ2v) is 2.58. The molecule has 0 saturated carbocycles. The molecule has 14 heavy (non-hydrogen) atoms. The maximum atomic E-state index is 12.1. The lowest BCUT2D eigenvalue weighted by Crippen LogP contribution is -2.08. The highest BCUT2D eigenvalue weighted by molar-refractivity contribution is 5.24. The van der Waals surface area contributed by atoms with Gasteiger partial charge in [0.15, 0.2) is 0 Å². The molecule has 0 fully saturated rings. The zero-order valence-corrected chi connectivity index (χ0v) is 8.74. The summed E-state index contributed by atoms with van der Waals surface area (Å²) < 4.78 is 36.4. The van der Waals surface area contributed by atoms with Crippen LogP contribution in [0.5, 0.6) is 0 Å². The summed E-state index contributed by atoms with van der Waals surface area (Å²) in [6, 6.07) is 2.41. The Balaban J connectivity index is 0.000000791. The molecule has 4 heteroatoms. The van der Waals surface area contributed by atoms with Crippen molar-refractivity contribution in [1.29, 1.82) is 0 Å². The van der Waals surface area contributed by atoms with Gasteiger partial charge in [0.1, 0.15) is 0 Å². The van der Waals surface area contributed by atoms with Gasteiger partial charge < -0.3 is 0 Å². The summed E-state index contributed by atoms with van der Waals surface area (Å²) in [4.78, 5) is 3.72. The number of aromatic nitrogens is 1. The van der Waals surface area contributed by atoms with Crippen LogP contribution in [0.2, 0.25) is 0 Å². The van der Waals surface area contributed by atoms with Gasteiger partial charge in [-0.3, -0.25) is 4.98 Å². The Kier molecular flexibility index (Phi) is 4.60. The van der Waals surface area contributed by atoms with E-state index in [2.05, 4.69) is 4.98 Å². The van der Waals surface area contributed by atoms with E-state index in [1.807, 2.05) is 13.8 Å². The van der Waals surface area contributed by atoms with Gasteiger partial charge in [-0.25, -0.2) is 0 Å². The second-order valence-electron chi connectivity index (χ2n) is 2.58. The van der Waals surface area contributed by atoms with Gasteiger partial charge in [0.25, 0.3) is 0 Å². The first kappa shape index (κ1) is 12.9. The SMILES string of the molecule is CC.Cc1ccc(C(F)(F)F)c(C)n1. The number of rotatable bonds is 0. The minimum Gasteiger partial charge on any atom is -0.258 e. The maximum Gasteiger partial charge on any atom is 0.418 e. The highest BCUT2D eigenvalue weighted by Gasteiger charge is 2.32. The van der Waals surface area contributed by atoms with Crippen molar-refractivity contribution in [3.63, 3.8) is 0 Å². The van der Waals surface area contributed by atoms with Crippen molar-refractivity contribution in [2.75, 3.05) is 0 Å². The fourth-order valence-corrected chi connectivity index (χ4v) is 0.986. The molecule has 1 nitrogen and oxygen atoms in total. The van der Waals surface area contributed by atoms with Crippen LogP contribution in [0.3, 0.4) is 0 Å². The lowest BCUT2D eigenvalue weighted by molar-refractivity contribution is -0.138. The number of aryl methyl sites for hydroxylation is 2. The summed E-state index contributed by atoms with van der Waals surface area (Å²) in [5.74, 6) is 0. The molecule has 0 atom stereocenters. The summed E-state index contributed by atoms with van der Waals surface area (Å²) in [6.45, 7) is 7.02. The van der Waals surface area contributed by atoms with Gasteiger partial charge >= 0.3 is 6.18 Å². The topological polar surface area (TPSA) is 12.9 Å². The fraction of sp³-hybridized carbons (Fsp3) is 0.500. The number of pyridine rings is 1. The van der Waals surface area contributed by atoms with Gasteiger partial charge in [0, 0.05) is 11.4 Å². The molecule has 0 saturated heterocycles. The number of hydrogen-bond acceptors (Lipinski definition) is 1. The smallest absolute Gasteiger partial charge is 0.258 e. The molecule has 0 aromatic carbocycles. The predicted molar refractivity (Wildman–Crippen MR) is 50.1 cm³/mol. The first-order valence-corrected chi connectivity index (χ1v) is 4.42. The van der Waals surface area contributed by atoms with E-state index in [1.54, 1.807) is 6.92 Å². The average molecular weight is 205 g/mol. The Hall–Kier alpha value is -1.06. The Bertz CT molecular complexity index is 292. The van der Waals surface area contributed by atoms with Gasteiger partial charge in [-0.1, -0.05) is 13.8 Å². The van der Waals surface area contributed by atoms with Gasteiger partial charge in [-0.15, -0.1) is 0 Å². The highest BCUT2D eigenvalue weighted by atomic mass is 19.4.